The minimum atomic E-state index is -0.250. The minimum absolute atomic E-state index is 0.152. The van der Waals surface area contributed by atoms with Crippen molar-refractivity contribution in [3.63, 3.8) is 0 Å². The fraction of sp³-hybridized carbons (Fsp3) is 0.733. The minimum Gasteiger partial charge on any atom is -0.483 e. The van der Waals surface area contributed by atoms with Gasteiger partial charge in [-0.3, -0.25) is 19.6 Å². The Balaban J connectivity index is 0.000000647. The Labute approximate surface area is 141 Å². The normalized spacial score (nSPS) is 23.5. The SMILES string of the molecule is Nc1n[nH]c(CCNC(=O)[C@@H]2CCCN3CCCC[C@H]23)n1.O=CO. The molecule has 0 saturated carbocycles. The van der Waals surface area contributed by atoms with Crippen molar-refractivity contribution in [3.05, 3.63) is 5.82 Å². The van der Waals surface area contributed by atoms with E-state index in [2.05, 4.69) is 25.4 Å². The number of nitrogens with zero attached hydrogens (tertiary/aromatic N) is 3. The van der Waals surface area contributed by atoms with Gasteiger partial charge in [-0.25, -0.2) is 0 Å². The van der Waals surface area contributed by atoms with E-state index in [4.69, 9.17) is 15.6 Å². The fourth-order valence-corrected chi connectivity index (χ4v) is 3.62. The van der Waals surface area contributed by atoms with Gasteiger partial charge in [-0.1, -0.05) is 6.42 Å². The number of aromatic nitrogens is 3. The maximum Gasteiger partial charge on any atom is 0.290 e. The van der Waals surface area contributed by atoms with Gasteiger partial charge in [0, 0.05) is 19.0 Å². The summed E-state index contributed by atoms with van der Waals surface area (Å²) in [5.74, 6) is 1.31. The van der Waals surface area contributed by atoms with Crippen molar-refractivity contribution >= 4 is 18.3 Å². The molecule has 0 unspecified atom stereocenters. The number of piperidine rings is 2. The first-order valence-electron chi connectivity index (χ1n) is 8.42. The number of anilines is 1. The zero-order valence-electron chi connectivity index (χ0n) is 13.8. The molecule has 0 spiro atoms. The van der Waals surface area contributed by atoms with Crippen LogP contribution in [0.5, 0.6) is 0 Å². The molecular weight excluding hydrogens is 312 g/mol. The molecule has 2 atom stereocenters. The Kier molecular flexibility index (Phi) is 6.98. The summed E-state index contributed by atoms with van der Waals surface area (Å²) in [4.78, 5) is 27.3. The van der Waals surface area contributed by atoms with Crippen LogP contribution < -0.4 is 11.1 Å². The Hall–Kier alpha value is -2.16. The van der Waals surface area contributed by atoms with Gasteiger partial charge >= 0.3 is 0 Å². The maximum atomic E-state index is 12.4. The lowest BCUT2D eigenvalue weighted by molar-refractivity contribution is -0.129. The zero-order chi connectivity index (χ0) is 17.4. The second kappa shape index (κ2) is 9.21. The third-order valence-corrected chi connectivity index (χ3v) is 4.64. The summed E-state index contributed by atoms with van der Waals surface area (Å²) in [5, 5.41) is 16.5. The van der Waals surface area contributed by atoms with Crippen molar-refractivity contribution in [2.75, 3.05) is 25.4 Å². The summed E-state index contributed by atoms with van der Waals surface area (Å²) in [6.45, 7) is 2.65. The average molecular weight is 338 g/mol. The molecule has 1 aromatic heterocycles. The van der Waals surface area contributed by atoms with Crippen LogP contribution in [-0.4, -0.2) is 63.2 Å². The molecule has 3 rings (SSSR count). The van der Waals surface area contributed by atoms with Crippen molar-refractivity contribution in [3.8, 4) is 0 Å². The predicted octanol–water partition coefficient (Wildman–Crippen LogP) is 0.0109. The summed E-state index contributed by atoms with van der Waals surface area (Å²) >= 11 is 0. The number of hydrogen-bond acceptors (Lipinski definition) is 6. The van der Waals surface area contributed by atoms with E-state index in [0.717, 1.165) is 38.2 Å². The molecule has 2 saturated heterocycles. The lowest BCUT2D eigenvalue weighted by Gasteiger charge is -2.43. The van der Waals surface area contributed by atoms with E-state index in [0.29, 0.717) is 19.0 Å². The van der Waals surface area contributed by atoms with Gasteiger partial charge in [-0.15, -0.1) is 5.10 Å². The third kappa shape index (κ3) is 4.92. The molecular formula is C15H26N6O3. The van der Waals surface area contributed by atoms with E-state index in [9.17, 15) is 4.79 Å². The summed E-state index contributed by atoms with van der Waals surface area (Å²) in [6.07, 6.45) is 6.48. The Morgan fingerprint density at radius 1 is 1.38 bits per heavy atom. The van der Waals surface area contributed by atoms with Gasteiger partial charge in [-0.05, 0) is 38.8 Å². The van der Waals surface area contributed by atoms with Gasteiger partial charge in [0.05, 0.1) is 5.92 Å². The molecule has 5 N–H and O–H groups in total. The number of carbonyl (C=O) groups excluding carboxylic acids is 1. The quantitative estimate of drug-likeness (QED) is 0.567. The Bertz CT molecular complexity index is 533. The predicted molar refractivity (Wildman–Crippen MR) is 88.1 cm³/mol. The molecule has 9 nitrogen and oxygen atoms in total. The standard InChI is InChI=1S/C14H24N6O.CH2O2/c15-14-17-12(18-19-14)6-7-16-13(21)10-4-3-9-20-8-2-1-5-11(10)20;2-1-3/h10-11H,1-9H2,(H,16,21)(H3,15,17,18,19);1H,(H,2,3)/t10-,11-;/m1./s1. The first kappa shape index (κ1) is 18.2. The third-order valence-electron chi connectivity index (χ3n) is 4.64. The number of nitrogen functional groups attached to an aromatic ring is 1. The van der Waals surface area contributed by atoms with E-state index in [1.165, 1.54) is 12.8 Å². The summed E-state index contributed by atoms with van der Waals surface area (Å²) in [5.41, 5.74) is 5.45. The molecule has 2 aliphatic heterocycles. The smallest absolute Gasteiger partial charge is 0.290 e. The van der Waals surface area contributed by atoms with Crippen molar-refractivity contribution < 1.29 is 14.7 Å². The van der Waals surface area contributed by atoms with Crippen molar-refractivity contribution in [1.82, 2.24) is 25.4 Å². The number of rotatable bonds is 4. The van der Waals surface area contributed by atoms with E-state index in [1.807, 2.05) is 0 Å². The molecule has 3 heterocycles. The van der Waals surface area contributed by atoms with E-state index >= 15 is 0 Å². The highest BCUT2D eigenvalue weighted by Crippen LogP contribution is 2.30. The molecule has 0 aliphatic carbocycles. The molecule has 24 heavy (non-hydrogen) atoms. The van der Waals surface area contributed by atoms with Crippen LogP contribution >= 0.6 is 0 Å². The number of nitrogens with one attached hydrogen (secondary N) is 2. The molecule has 0 radical (unpaired) electrons. The van der Waals surface area contributed by atoms with Gasteiger partial charge in [0.25, 0.3) is 6.47 Å². The zero-order valence-corrected chi connectivity index (χ0v) is 13.8. The lowest BCUT2D eigenvalue weighted by atomic mass is 9.83. The number of H-pyrrole nitrogens is 1. The highest BCUT2D eigenvalue weighted by atomic mass is 16.3. The van der Waals surface area contributed by atoms with Crippen LogP contribution in [0.1, 0.15) is 37.9 Å². The highest BCUT2D eigenvalue weighted by Gasteiger charge is 2.36. The second-order valence-electron chi connectivity index (χ2n) is 6.13. The molecule has 0 bridgehead atoms. The van der Waals surface area contributed by atoms with Crippen LogP contribution in [-0.2, 0) is 16.0 Å². The number of hydrogen-bond donors (Lipinski definition) is 4. The molecule has 134 valence electrons. The number of aromatic amines is 1. The van der Waals surface area contributed by atoms with Crippen LogP contribution in [0.2, 0.25) is 0 Å². The van der Waals surface area contributed by atoms with Crippen molar-refractivity contribution in [2.45, 2.75) is 44.6 Å². The summed E-state index contributed by atoms with van der Waals surface area (Å²) < 4.78 is 0. The van der Waals surface area contributed by atoms with Gasteiger partial charge < -0.3 is 16.2 Å². The first-order chi connectivity index (χ1) is 11.7. The number of fused-ring (bicyclic) bond motifs is 1. The van der Waals surface area contributed by atoms with Gasteiger partial charge in [0.2, 0.25) is 11.9 Å². The monoisotopic (exact) mass is 338 g/mol. The van der Waals surface area contributed by atoms with Crippen LogP contribution in [0.15, 0.2) is 0 Å². The number of amides is 1. The topological polar surface area (TPSA) is 137 Å². The van der Waals surface area contributed by atoms with Gasteiger partial charge in [0.15, 0.2) is 0 Å². The molecule has 1 aromatic rings. The largest absolute Gasteiger partial charge is 0.483 e. The van der Waals surface area contributed by atoms with Crippen LogP contribution in [0.4, 0.5) is 5.95 Å². The maximum absolute atomic E-state index is 12.4. The van der Waals surface area contributed by atoms with Crippen LogP contribution in [0.3, 0.4) is 0 Å². The van der Waals surface area contributed by atoms with Gasteiger partial charge in [0.1, 0.15) is 5.82 Å². The molecule has 9 heteroatoms. The van der Waals surface area contributed by atoms with Crippen molar-refractivity contribution in [1.29, 1.82) is 0 Å². The fourth-order valence-electron chi connectivity index (χ4n) is 3.62. The van der Waals surface area contributed by atoms with Gasteiger partial charge in [-0.2, -0.15) is 4.98 Å². The van der Waals surface area contributed by atoms with E-state index in [-0.39, 0.29) is 24.2 Å². The molecule has 1 amide bonds. The number of nitrogens with two attached hydrogens (primary N) is 1. The summed E-state index contributed by atoms with van der Waals surface area (Å²) in [7, 11) is 0. The molecule has 2 fully saturated rings. The molecule has 0 aromatic carbocycles. The average Bonchev–Trinajstić information content (AvgIpc) is 3.00. The van der Waals surface area contributed by atoms with Crippen LogP contribution in [0, 0.1) is 5.92 Å². The van der Waals surface area contributed by atoms with E-state index in [1.54, 1.807) is 0 Å². The molecule has 2 aliphatic rings. The number of carbonyl (C=O) groups is 2. The lowest BCUT2D eigenvalue weighted by Crippen LogP contribution is -2.52. The number of carboxylic acid groups (broad SMARTS) is 1. The Morgan fingerprint density at radius 3 is 2.83 bits per heavy atom. The van der Waals surface area contributed by atoms with Crippen LogP contribution in [0.25, 0.3) is 0 Å². The Morgan fingerprint density at radius 2 is 2.12 bits per heavy atom. The summed E-state index contributed by atoms with van der Waals surface area (Å²) in [6, 6.07) is 0.452. The highest BCUT2D eigenvalue weighted by molar-refractivity contribution is 5.79. The second-order valence-corrected chi connectivity index (χ2v) is 6.13. The first-order valence-corrected chi connectivity index (χ1v) is 8.42. The van der Waals surface area contributed by atoms with E-state index < -0.39 is 0 Å². The van der Waals surface area contributed by atoms with Crippen molar-refractivity contribution in [2.24, 2.45) is 5.92 Å².